The summed E-state index contributed by atoms with van der Waals surface area (Å²) in [6.07, 6.45) is 5.44. The van der Waals surface area contributed by atoms with Gasteiger partial charge in [-0.3, -0.25) is 9.58 Å². The third-order valence-electron chi connectivity index (χ3n) is 2.63. The maximum atomic E-state index is 8.61. The van der Waals surface area contributed by atoms with Crippen molar-refractivity contribution in [2.24, 2.45) is 7.05 Å². The van der Waals surface area contributed by atoms with Crippen LogP contribution < -0.4 is 0 Å². The Bertz CT molecular complexity index is 356. The van der Waals surface area contributed by atoms with Crippen LogP contribution in [0.4, 0.5) is 0 Å². The summed E-state index contributed by atoms with van der Waals surface area (Å²) in [5, 5.41) is 12.7. The molecule has 1 aromatic rings. The monoisotopic (exact) mass is 236 g/mol. The molecule has 0 saturated heterocycles. The van der Waals surface area contributed by atoms with Crippen LogP contribution in [0, 0.1) is 11.3 Å². The van der Waals surface area contributed by atoms with Crippen molar-refractivity contribution in [3.8, 4) is 6.07 Å². The molecule has 0 aliphatic carbocycles. The van der Waals surface area contributed by atoms with Gasteiger partial charge in [-0.15, -0.1) is 0 Å². The fraction of sp³-hybridized carbons (Fsp3) is 0.667. The minimum atomic E-state index is 0.566. The van der Waals surface area contributed by atoms with E-state index >= 15 is 0 Å². The predicted octanol–water partition coefficient (Wildman–Crippen LogP) is 0.825. The van der Waals surface area contributed by atoms with Gasteiger partial charge >= 0.3 is 0 Å². The van der Waals surface area contributed by atoms with Gasteiger partial charge in [0.1, 0.15) is 0 Å². The van der Waals surface area contributed by atoms with Crippen LogP contribution in [0.2, 0.25) is 0 Å². The lowest BCUT2D eigenvalue weighted by atomic mass is 10.2. The Kier molecular flexibility index (Phi) is 6.30. The Labute approximate surface area is 103 Å². The Balaban J connectivity index is 2.34. The number of ether oxygens (including phenoxy) is 1. The predicted molar refractivity (Wildman–Crippen MR) is 65.5 cm³/mol. The normalized spacial score (nSPS) is 10.7. The third kappa shape index (κ3) is 5.48. The van der Waals surface area contributed by atoms with Gasteiger partial charge in [0.15, 0.2) is 0 Å². The van der Waals surface area contributed by atoms with Crippen LogP contribution in [-0.4, -0.2) is 48.0 Å². The van der Waals surface area contributed by atoms with Crippen LogP contribution >= 0.6 is 0 Å². The summed E-state index contributed by atoms with van der Waals surface area (Å²) in [4.78, 5) is 2.25. The molecule has 0 atom stereocenters. The molecule has 5 heteroatoms. The molecule has 0 spiro atoms. The van der Waals surface area contributed by atoms with Crippen molar-refractivity contribution in [1.82, 2.24) is 14.7 Å². The Morgan fingerprint density at radius 2 is 2.29 bits per heavy atom. The first-order valence-electron chi connectivity index (χ1n) is 5.82. The Morgan fingerprint density at radius 1 is 1.47 bits per heavy atom. The summed E-state index contributed by atoms with van der Waals surface area (Å²) in [5.41, 5.74) is 1.23. The van der Waals surface area contributed by atoms with Gasteiger partial charge in [-0.2, -0.15) is 10.4 Å². The van der Waals surface area contributed by atoms with Crippen molar-refractivity contribution < 1.29 is 4.74 Å². The maximum absolute atomic E-state index is 8.61. The van der Waals surface area contributed by atoms with Crippen molar-refractivity contribution >= 4 is 0 Å². The topological polar surface area (TPSA) is 54.1 Å². The van der Waals surface area contributed by atoms with Crippen LogP contribution in [0.5, 0.6) is 0 Å². The molecule has 0 unspecified atom stereocenters. The second kappa shape index (κ2) is 7.82. The third-order valence-corrected chi connectivity index (χ3v) is 2.63. The largest absolute Gasteiger partial charge is 0.383 e. The molecule has 0 aliphatic rings. The molecule has 0 amide bonds. The van der Waals surface area contributed by atoms with E-state index in [1.807, 2.05) is 24.1 Å². The second-order valence-corrected chi connectivity index (χ2v) is 4.01. The van der Waals surface area contributed by atoms with Crippen molar-refractivity contribution in [1.29, 1.82) is 5.26 Å². The van der Waals surface area contributed by atoms with Crippen LogP contribution in [0.1, 0.15) is 12.0 Å². The highest BCUT2D eigenvalue weighted by molar-refractivity contribution is 5.03. The van der Waals surface area contributed by atoms with Crippen LogP contribution in [0.15, 0.2) is 12.4 Å². The summed E-state index contributed by atoms with van der Waals surface area (Å²) in [5.74, 6) is 0. The van der Waals surface area contributed by atoms with Crippen molar-refractivity contribution in [3.05, 3.63) is 18.0 Å². The van der Waals surface area contributed by atoms with Gasteiger partial charge in [-0.1, -0.05) is 0 Å². The molecule has 0 fully saturated rings. The van der Waals surface area contributed by atoms with Gasteiger partial charge < -0.3 is 4.74 Å². The van der Waals surface area contributed by atoms with Crippen molar-refractivity contribution in [2.75, 3.05) is 33.4 Å². The average molecular weight is 236 g/mol. The van der Waals surface area contributed by atoms with Crippen LogP contribution in [-0.2, 0) is 18.2 Å². The molecule has 1 heterocycles. The zero-order valence-electron chi connectivity index (χ0n) is 10.6. The molecule has 0 N–H and O–H groups in total. The molecule has 17 heavy (non-hydrogen) atoms. The van der Waals surface area contributed by atoms with E-state index in [0.717, 1.165) is 26.1 Å². The number of nitrogens with zero attached hydrogens (tertiary/aromatic N) is 4. The summed E-state index contributed by atoms with van der Waals surface area (Å²) in [6.45, 7) is 3.33. The number of hydrogen-bond donors (Lipinski definition) is 0. The van der Waals surface area contributed by atoms with E-state index in [0.29, 0.717) is 13.0 Å². The lowest BCUT2D eigenvalue weighted by Crippen LogP contribution is -2.30. The van der Waals surface area contributed by atoms with Crippen molar-refractivity contribution in [3.63, 3.8) is 0 Å². The lowest BCUT2D eigenvalue weighted by molar-refractivity contribution is 0.149. The van der Waals surface area contributed by atoms with Gasteiger partial charge in [0.05, 0.1) is 18.9 Å². The minimum Gasteiger partial charge on any atom is -0.383 e. The summed E-state index contributed by atoms with van der Waals surface area (Å²) < 4.78 is 6.88. The number of hydrogen-bond acceptors (Lipinski definition) is 4. The number of rotatable bonds is 8. The first-order valence-corrected chi connectivity index (χ1v) is 5.82. The molecular formula is C12H20N4O. The standard InChI is InChI=1S/C12H20N4O/c1-15-11-12(10-14-15)4-7-16(6-3-5-13)8-9-17-2/h10-11H,3-4,6-9H2,1-2H3. The second-order valence-electron chi connectivity index (χ2n) is 4.01. The Morgan fingerprint density at radius 3 is 2.88 bits per heavy atom. The molecule has 1 rings (SSSR count). The van der Waals surface area contributed by atoms with Gasteiger partial charge in [-0.25, -0.2) is 0 Å². The highest BCUT2D eigenvalue weighted by atomic mass is 16.5. The molecule has 0 radical (unpaired) electrons. The quantitative estimate of drug-likeness (QED) is 0.670. The van der Waals surface area contributed by atoms with Gasteiger partial charge in [-0.05, 0) is 12.0 Å². The first-order chi connectivity index (χ1) is 8.26. The molecule has 5 nitrogen and oxygen atoms in total. The van der Waals surface area contributed by atoms with Crippen LogP contribution in [0.25, 0.3) is 0 Å². The lowest BCUT2D eigenvalue weighted by Gasteiger charge is -2.20. The molecule has 0 saturated carbocycles. The number of aromatic nitrogens is 2. The number of aryl methyl sites for hydroxylation is 1. The molecule has 0 bridgehead atoms. The van der Waals surface area contributed by atoms with Crippen molar-refractivity contribution in [2.45, 2.75) is 12.8 Å². The van der Waals surface area contributed by atoms with E-state index in [1.54, 1.807) is 7.11 Å². The molecule has 1 aromatic heterocycles. The van der Waals surface area contributed by atoms with Gasteiger partial charge in [0.25, 0.3) is 0 Å². The molecule has 0 aromatic carbocycles. The fourth-order valence-corrected chi connectivity index (χ4v) is 1.65. The van der Waals surface area contributed by atoms with E-state index in [9.17, 15) is 0 Å². The summed E-state index contributed by atoms with van der Waals surface area (Å²) in [6, 6.07) is 2.18. The van der Waals surface area contributed by atoms with E-state index in [1.165, 1.54) is 5.56 Å². The molecule has 94 valence electrons. The first kappa shape index (κ1) is 13.7. The summed E-state index contributed by atoms with van der Waals surface area (Å²) >= 11 is 0. The highest BCUT2D eigenvalue weighted by Crippen LogP contribution is 2.01. The smallest absolute Gasteiger partial charge is 0.0635 e. The minimum absolute atomic E-state index is 0.566. The van der Waals surface area contributed by atoms with E-state index in [-0.39, 0.29) is 0 Å². The molecular weight excluding hydrogens is 216 g/mol. The fourth-order valence-electron chi connectivity index (χ4n) is 1.65. The van der Waals surface area contributed by atoms with E-state index < -0.39 is 0 Å². The highest BCUT2D eigenvalue weighted by Gasteiger charge is 2.05. The van der Waals surface area contributed by atoms with Crippen LogP contribution in [0.3, 0.4) is 0 Å². The van der Waals surface area contributed by atoms with E-state index in [2.05, 4.69) is 16.1 Å². The van der Waals surface area contributed by atoms with Gasteiger partial charge in [0, 0.05) is 46.4 Å². The summed E-state index contributed by atoms with van der Waals surface area (Å²) in [7, 11) is 3.62. The number of methoxy groups -OCH3 is 1. The maximum Gasteiger partial charge on any atom is 0.0635 e. The van der Waals surface area contributed by atoms with E-state index in [4.69, 9.17) is 10.00 Å². The zero-order valence-corrected chi connectivity index (χ0v) is 10.6. The number of nitriles is 1. The Hall–Kier alpha value is -1.38. The molecule has 0 aliphatic heterocycles. The SMILES string of the molecule is COCCN(CCC#N)CCc1cnn(C)c1. The average Bonchev–Trinajstić information content (AvgIpc) is 2.74. The zero-order chi connectivity index (χ0) is 12.5. The van der Waals surface area contributed by atoms with Gasteiger partial charge in [0.2, 0.25) is 0 Å².